The van der Waals surface area contributed by atoms with Crippen molar-refractivity contribution in [3.05, 3.63) is 31.2 Å². The number of hydrogen-bond acceptors (Lipinski definition) is 2. The molecule has 0 atom stereocenters. The first-order valence-electron chi connectivity index (χ1n) is 3.68. The summed E-state index contributed by atoms with van der Waals surface area (Å²) in [5, 5.41) is 1.16. The maximum Gasteiger partial charge on any atom is 0.251 e. The first kappa shape index (κ1) is 10.8. The van der Waals surface area contributed by atoms with Crippen LogP contribution in [0.1, 0.15) is 17.4 Å². The van der Waals surface area contributed by atoms with E-state index in [1.807, 2.05) is 0 Å². The van der Waals surface area contributed by atoms with Crippen LogP contribution < -0.4 is 0 Å². The summed E-state index contributed by atoms with van der Waals surface area (Å²) in [5.41, 5.74) is 1.35. The second-order valence-corrected chi connectivity index (χ2v) is 4.33. The monoisotopic (exact) mass is 272 g/mol. The average Bonchev–Trinajstić information content (AvgIpc) is 2.96. The molecule has 0 bridgehead atoms. The van der Waals surface area contributed by atoms with Gasteiger partial charge in [0.15, 0.2) is 0 Å². The normalized spacial score (nSPS) is 16.1. The lowest BCUT2D eigenvalue weighted by atomic mass is 10.1. The Hall–Kier alpha value is 0.300. The lowest BCUT2D eigenvalue weighted by Gasteiger charge is -2.10. The number of benzene rings is 1. The molecule has 0 aliphatic carbocycles. The predicted molar refractivity (Wildman–Crippen MR) is 56.1 cm³/mol. The molecular formula is C8H4Cl4O2. The van der Waals surface area contributed by atoms with Gasteiger partial charge in [-0.05, 0) is 12.5 Å². The third kappa shape index (κ3) is 1.60. The van der Waals surface area contributed by atoms with Crippen LogP contribution in [0.3, 0.4) is 0 Å². The zero-order chi connectivity index (χ0) is 10.5. The summed E-state index contributed by atoms with van der Waals surface area (Å²) in [6, 6.07) is 0. The van der Waals surface area contributed by atoms with E-state index in [9.17, 15) is 0 Å². The standard InChI is InChI=1S/C8H4Cl4O2/c1-2-3(8-13-14-8)5(10)7(12)6(11)4(2)9/h8H,1H3. The van der Waals surface area contributed by atoms with Crippen LogP contribution >= 0.6 is 46.4 Å². The molecule has 1 saturated heterocycles. The van der Waals surface area contributed by atoms with Gasteiger partial charge in [0.2, 0.25) is 0 Å². The molecule has 14 heavy (non-hydrogen) atoms. The van der Waals surface area contributed by atoms with Crippen molar-refractivity contribution >= 4 is 46.4 Å². The molecule has 0 saturated carbocycles. The van der Waals surface area contributed by atoms with Gasteiger partial charge < -0.3 is 0 Å². The van der Waals surface area contributed by atoms with Gasteiger partial charge in [0.1, 0.15) is 0 Å². The van der Waals surface area contributed by atoms with Crippen molar-refractivity contribution in [3.8, 4) is 0 Å². The van der Waals surface area contributed by atoms with Crippen molar-refractivity contribution in [2.45, 2.75) is 13.2 Å². The summed E-state index contributed by atoms with van der Waals surface area (Å²) < 4.78 is 0. The molecule has 0 N–H and O–H groups in total. The van der Waals surface area contributed by atoms with Crippen molar-refractivity contribution in [3.63, 3.8) is 0 Å². The van der Waals surface area contributed by atoms with Gasteiger partial charge in [0.25, 0.3) is 6.29 Å². The molecule has 2 nitrogen and oxygen atoms in total. The van der Waals surface area contributed by atoms with Crippen LogP contribution in [0, 0.1) is 6.92 Å². The van der Waals surface area contributed by atoms with Crippen LogP contribution in [0.25, 0.3) is 0 Å². The molecule has 0 unspecified atom stereocenters. The van der Waals surface area contributed by atoms with E-state index >= 15 is 0 Å². The van der Waals surface area contributed by atoms with E-state index < -0.39 is 6.29 Å². The third-order valence-corrected chi connectivity index (χ3v) is 3.89. The van der Waals surface area contributed by atoms with E-state index in [4.69, 9.17) is 46.4 Å². The molecule has 6 heteroatoms. The van der Waals surface area contributed by atoms with Gasteiger partial charge in [0, 0.05) is 5.56 Å². The lowest BCUT2D eigenvalue weighted by Crippen LogP contribution is -1.92. The molecule has 1 aromatic carbocycles. The van der Waals surface area contributed by atoms with E-state index in [1.165, 1.54) is 0 Å². The largest absolute Gasteiger partial charge is 0.251 e. The molecule has 1 aliphatic heterocycles. The summed E-state index contributed by atoms with van der Waals surface area (Å²) in [6.07, 6.45) is -0.477. The highest BCUT2D eigenvalue weighted by atomic mass is 35.5. The molecule has 0 radical (unpaired) electrons. The Morgan fingerprint density at radius 3 is 1.86 bits per heavy atom. The first-order chi connectivity index (χ1) is 6.54. The van der Waals surface area contributed by atoms with Gasteiger partial charge in [-0.2, -0.15) is 9.78 Å². The van der Waals surface area contributed by atoms with Crippen LogP contribution in [-0.4, -0.2) is 0 Å². The Bertz CT molecular complexity index is 372. The van der Waals surface area contributed by atoms with E-state index in [0.29, 0.717) is 21.2 Å². The zero-order valence-electron chi connectivity index (χ0n) is 6.91. The summed E-state index contributed by atoms with van der Waals surface area (Å²) in [6.45, 7) is 1.77. The van der Waals surface area contributed by atoms with Crippen LogP contribution in [-0.2, 0) is 9.78 Å². The summed E-state index contributed by atoms with van der Waals surface area (Å²) in [4.78, 5) is 9.32. The van der Waals surface area contributed by atoms with Crippen molar-refractivity contribution in [2.75, 3.05) is 0 Å². The molecule has 1 aliphatic rings. The minimum absolute atomic E-state index is 0.220. The lowest BCUT2D eigenvalue weighted by molar-refractivity contribution is 0.0850. The predicted octanol–water partition coefficient (Wildman–Crippen LogP) is 4.57. The fraction of sp³-hybridized carbons (Fsp3) is 0.250. The van der Waals surface area contributed by atoms with Crippen LogP contribution in [0.2, 0.25) is 20.1 Å². The fourth-order valence-electron chi connectivity index (χ4n) is 1.16. The molecule has 1 heterocycles. The molecule has 0 amide bonds. The summed E-state index contributed by atoms with van der Waals surface area (Å²) in [5.74, 6) is 0. The molecule has 0 spiro atoms. The van der Waals surface area contributed by atoms with Gasteiger partial charge in [-0.3, -0.25) is 0 Å². The van der Waals surface area contributed by atoms with E-state index in [1.54, 1.807) is 6.92 Å². The second-order valence-electron chi connectivity index (χ2n) is 2.82. The van der Waals surface area contributed by atoms with Crippen LogP contribution in [0.15, 0.2) is 0 Å². The summed E-state index contributed by atoms with van der Waals surface area (Å²) in [7, 11) is 0. The molecular weight excluding hydrogens is 270 g/mol. The smallest absolute Gasteiger partial charge is 0.193 e. The topological polar surface area (TPSA) is 25.1 Å². The minimum atomic E-state index is -0.477. The van der Waals surface area contributed by atoms with Gasteiger partial charge >= 0.3 is 0 Å². The zero-order valence-corrected chi connectivity index (χ0v) is 9.93. The van der Waals surface area contributed by atoms with Gasteiger partial charge in [-0.1, -0.05) is 46.4 Å². The number of rotatable bonds is 1. The Labute approximate surface area is 101 Å². The van der Waals surface area contributed by atoms with Crippen molar-refractivity contribution < 1.29 is 9.78 Å². The first-order valence-corrected chi connectivity index (χ1v) is 5.19. The number of hydrogen-bond donors (Lipinski definition) is 0. The molecule has 2 rings (SSSR count). The Balaban J connectivity index is 2.69. The number of halogens is 4. The van der Waals surface area contributed by atoms with Crippen LogP contribution in [0.5, 0.6) is 0 Å². The quantitative estimate of drug-likeness (QED) is 0.324. The maximum absolute atomic E-state index is 5.98. The minimum Gasteiger partial charge on any atom is -0.193 e. The Morgan fingerprint density at radius 2 is 1.36 bits per heavy atom. The maximum atomic E-state index is 5.98. The highest BCUT2D eigenvalue weighted by molar-refractivity contribution is 6.52. The van der Waals surface area contributed by atoms with Crippen LogP contribution in [0.4, 0.5) is 0 Å². The highest BCUT2D eigenvalue weighted by Gasteiger charge is 2.35. The van der Waals surface area contributed by atoms with E-state index in [2.05, 4.69) is 9.78 Å². The molecule has 1 aromatic rings. The highest BCUT2D eigenvalue weighted by Crippen LogP contribution is 2.47. The molecule has 1 fully saturated rings. The van der Waals surface area contributed by atoms with Crippen molar-refractivity contribution in [1.29, 1.82) is 0 Å². The van der Waals surface area contributed by atoms with Crippen molar-refractivity contribution in [1.82, 2.24) is 0 Å². The Kier molecular flexibility index (Phi) is 2.86. The second kappa shape index (κ2) is 3.71. The molecule has 76 valence electrons. The Morgan fingerprint density at radius 1 is 0.857 bits per heavy atom. The van der Waals surface area contributed by atoms with E-state index in [-0.39, 0.29) is 10.0 Å². The van der Waals surface area contributed by atoms with Gasteiger partial charge in [-0.25, -0.2) is 0 Å². The van der Waals surface area contributed by atoms with E-state index in [0.717, 1.165) is 0 Å². The molecule has 0 aromatic heterocycles. The van der Waals surface area contributed by atoms with Gasteiger partial charge in [0.05, 0.1) is 20.1 Å². The average molecular weight is 274 g/mol. The third-order valence-electron chi connectivity index (χ3n) is 1.98. The SMILES string of the molecule is Cc1c(Cl)c(Cl)c(Cl)c(Cl)c1C1OO1. The van der Waals surface area contributed by atoms with Crippen molar-refractivity contribution in [2.24, 2.45) is 0 Å². The van der Waals surface area contributed by atoms with Gasteiger partial charge in [-0.15, -0.1) is 0 Å². The fourth-order valence-corrected chi connectivity index (χ4v) is 2.21. The summed E-state index contributed by atoms with van der Waals surface area (Å²) >= 11 is 23.6.